The van der Waals surface area contributed by atoms with Gasteiger partial charge in [0.25, 0.3) is 0 Å². The standard InChI is InChI=1S/C15H24N2O/c1-5-16-11-15(18)17(4)14-8-6-13(7-9-14)10-12(2)3/h6-9,12,16H,5,10-11H2,1-4H3. The first-order valence-corrected chi connectivity index (χ1v) is 6.60. The van der Waals surface area contributed by atoms with Crippen LogP contribution in [0.3, 0.4) is 0 Å². The van der Waals surface area contributed by atoms with Crippen LogP contribution in [0.1, 0.15) is 26.3 Å². The van der Waals surface area contributed by atoms with Crippen LogP contribution in [0.2, 0.25) is 0 Å². The van der Waals surface area contributed by atoms with Crippen molar-refractivity contribution in [1.29, 1.82) is 0 Å². The topological polar surface area (TPSA) is 32.3 Å². The minimum Gasteiger partial charge on any atom is -0.314 e. The van der Waals surface area contributed by atoms with Gasteiger partial charge in [-0.1, -0.05) is 32.9 Å². The Balaban J connectivity index is 2.63. The van der Waals surface area contributed by atoms with Gasteiger partial charge in [0.15, 0.2) is 0 Å². The third-order valence-electron chi connectivity index (χ3n) is 2.87. The molecule has 1 N–H and O–H groups in total. The molecule has 0 atom stereocenters. The Morgan fingerprint density at radius 1 is 1.28 bits per heavy atom. The molecule has 0 aliphatic rings. The fourth-order valence-corrected chi connectivity index (χ4v) is 1.82. The van der Waals surface area contributed by atoms with Crippen molar-refractivity contribution in [2.45, 2.75) is 27.2 Å². The monoisotopic (exact) mass is 248 g/mol. The van der Waals surface area contributed by atoms with Gasteiger partial charge >= 0.3 is 0 Å². The van der Waals surface area contributed by atoms with Crippen LogP contribution in [0, 0.1) is 5.92 Å². The Morgan fingerprint density at radius 2 is 1.89 bits per heavy atom. The van der Waals surface area contributed by atoms with Gasteiger partial charge in [0.05, 0.1) is 6.54 Å². The normalized spacial score (nSPS) is 10.7. The first kappa shape index (κ1) is 14.7. The Morgan fingerprint density at radius 3 is 2.39 bits per heavy atom. The number of benzene rings is 1. The third kappa shape index (κ3) is 4.49. The third-order valence-corrected chi connectivity index (χ3v) is 2.87. The minimum absolute atomic E-state index is 0.0912. The number of hydrogen-bond donors (Lipinski definition) is 1. The molecule has 0 heterocycles. The molecule has 1 aromatic carbocycles. The predicted octanol–water partition coefficient (Wildman–Crippen LogP) is 2.46. The molecule has 0 spiro atoms. The maximum Gasteiger partial charge on any atom is 0.240 e. The van der Waals surface area contributed by atoms with Crippen LogP contribution in [0.15, 0.2) is 24.3 Å². The zero-order valence-corrected chi connectivity index (χ0v) is 11.9. The van der Waals surface area contributed by atoms with Crippen LogP contribution in [-0.4, -0.2) is 26.0 Å². The second kappa shape index (κ2) is 7.17. The average molecular weight is 248 g/mol. The molecule has 0 aromatic heterocycles. The van der Waals surface area contributed by atoms with Crippen LogP contribution in [0.4, 0.5) is 5.69 Å². The van der Waals surface area contributed by atoms with E-state index >= 15 is 0 Å². The van der Waals surface area contributed by atoms with Crippen molar-refractivity contribution < 1.29 is 4.79 Å². The van der Waals surface area contributed by atoms with E-state index in [9.17, 15) is 4.79 Å². The summed E-state index contributed by atoms with van der Waals surface area (Å²) >= 11 is 0. The van der Waals surface area contributed by atoms with E-state index in [0.717, 1.165) is 18.7 Å². The molecule has 18 heavy (non-hydrogen) atoms. The fourth-order valence-electron chi connectivity index (χ4n) is 1.82. The molecular weight excluding hydrogens is 224 g/mol. The first-order chi connectivity index (χ1) is 8.54. The lowest BCUT2D eigenvalue weighted by atomic mass is 10.0. The van der Waals surface area contributed by atoms with Gasteiger partial charge < -0.3 is 10.2 Å². The van der Waals surface area contributed by atoms with E-state index in [4.69, 9.17) is 0 Å². The largest absolute Gasteiger partial charge is 0.314 e. The maximum atomic E-state index is 11.8. The van der Waals surface area contributed by atoms with Crippen molar-refractivity contribution in [1.82, 2.24) is 5.32 Å². The van der Waals surface area contributed by atoms with Crippen LogP contribution in [0.25, 0.3) is 0 Å². The van der Waals surface area contributed by atoms with Crippen molar-refractivity contribution in [3.63, 3.8) is 0 Å². The molecule has 1 aromatic rings. The van der Waals surface area contributed by atoms with E-state index in [0.29, 0.717) is 12.5 Å². The Labute approximate surface area is 110 Å². The summed E-state index contributed by atoms with van der Waals surface area (Å²) in [5, 5.41) is 3.04. The lowest BCUT2D eigenvalue weighted by Crippen LogP contribution is -2.35. The first-order valence-electron chi connectivity index (χ1n) is 6.60. The molecule has 0 bridgehead atoms. The number of carbonyl (C=O) groups is 1. The number of likely N-dealkylation sites (N-methyl/N-ethyl adjacent to an activating group) is 2. The van der Waals surface area contributed by atoms with Crippen LogP contribution < -0.4 is 10.2 Å². The van der Waals surface area contributed by atoms with Gasteiger partial charge in [0, 0.05) is 12.7 Å². The molecule has 1 rings (SSSR count). The average Bonchev–Trinajstić information content (AvgIpc) is 2.35. The van der Waals surface area contributed by atoms with Gasteiger partial charge in [-0.3, -0.25) is 4.79 Å². The predicted molar refractivity (Wildman–Crippen MR) is 76.9 cm³/mol. The van der Waals surface area contributed by atoms with Crippen molar-refractivity contribution >= 4 is 11.6 Å². The lowest BCUT2D eigenvalue weighted by molar-refractivity contribution is -0.117. The Hall–Kier alpha value is -1.35. The highest BCUT2D eigenvalue weighted by Gasteiger charge is 2.09. The quantitative estimate of drug-likeness (QED) is 0.838. The van der Waals surface area contributed by atoms with Gasteiger partial charge in [-0.2, -0.15) is 0 Å². The maximum absolute atomic E-state index is 11.8. The Kier molecular flexibility index (Phi) is 5.86. The zero-order valence-electron chi connectivity index (χ0n) is 11.9. The van der Waals surface area contributed by atoms with Gasteiger partial charge in [-0.25, -0.2) is 0 Å². The molecule has 0 radical (unpaired) electrons. The summed E-state index contributed by atoms with van der Waals surface area (Å²) in [6.07, 6.45) is 1.08. The summed E-state index contributed by atoms with van der Waals surface area (Å²) in [6, 6.07) is 8.24. The number of nitrogens with one attached hydrogen (secondary N) is 1. The highest BCUT2D eigenvalue weighted by atomic mass is 16.2. The van der Waals surface area contributed by atoms with Crippen LogP contribution in [0.5, 0.6) is 0 Å². The smallest absolute Gasteiger partial charge is 0.240 e. The van der Waals surface area contributed by atoms with Crippen molar-refractivity contribution in [2.24, 2.45) is 5.92 Å². The molecule has 1 amide bonds. The zero-order chi connectivity index (χ0) is 13.5. The van der Waals surface area contributed by atoms with E-state index in [1.54, 1.807) is 4.90 Å². The highest BCUT2D eigenvalue weighted by Crippen LogP contribution is 2.16. The molecule has 0 unspecified atom stereocenters. The minimum atomic E-state index is 0.0912. The molecule has 3 heteroatoms. The van der Waals surface area contributed by atoms with Crippen molar-refractivity contribution in [2.75, 3.05) is 25.0 Å². The number of amides is 1. The number of carbonyl (C=O) groups excluding carboxylic acids is 1. The van der Waals surface area contributed by atoms with E-state index in [1.807, 2.05) is 26.1 Å². The second-order valence-electron chi connectivity index (χ2n) is 5.00. The van der Waals surface area contributed by atoms with Gasteiger partial charge in [0.2, 0.25) is 5.91 Å². The molecule has 0 fully saturated rings. The molecule has 0 aliphatic heterocycles. The summed E-state index contributed by atoms with van der Waals surface area (Å²) in [5.74, 6) is 0.748. The van der Waals surface area contributed by atoms with Crippen LogP contribution in [-0.2, 0) is 11.2 Å². The molecule has 0 aliphatic carbocycles. The highest BCUT2D eigenvalue weighted by molar-refractivity contribution is 5.94. The number of hydrogen-bond acceptors (Lipinski definition) is 2. The Bertz CT molecular complexity index is 371. The number of rotatable bonds is 6. The number of nitrogens with zero attached hydrogens (tertiary/aromatic N) is 1. The summed E-state index contributed by atoms with van der Waals surface area (Å²) in [5.41, 5.74) is 2.27. The summed E-state index contributed by atoms with van der Waals surface area (Å²) < 4.78 is 0. The van der Waals surface area contributed by atoms with Crippen molar-refractivity contribution in [3.05, 3.63) is 29.8 Å². The molecule has 0 saturated heterocycles. The summed E-state index contributed by atoms with van der Waals surface area (Å²) in [6.45, 7) is 7.61. The molecule has 0 saturated carbocycles. The summed E-state index contributed by atoms with van der Waals surface area (Å²) in [7, 11) is 1.82. The second-order valence-corrected chi connectivity index (χ2v) is 5.00. The van der Waals surface area contributed by atoms with Gasteiger partial charge in [0.1, 0.15) is 0 Å². The molecular formula is C15H24N2O. The van der Waals surface area contributed by atoms with Gasteiger partial charge in [-0.05, 0) is 36.6 Å². The van der Waals surface area contributed by atoms with E-state index in [-0.39, 0.29) is 5.91 Å². The summed E-state index contributed by atoms with van der Waals surface area (Å²) in [4.78, 5) is 13.5. The van der Waals surface area contributed by atoms with Crippen LogP contribution >= 0.6 is 0 Å². The molecule has 100 valence electrons. The van der Waals surface area contributed by atoms with E-state index in [2.05, 4.69) is 31.3 Å². The molecule has 3 nitrogen and oxygen atoms in total. The SMILES string of the molecule is CCNCC(=O)N(C)c1ccc(CC(C)C)cc1. The van der Waals surface area contributed by atoms with E-state index < -0.39 is 0 Å². The number of anilines is 1. The van der Waals surface area contributed by atoms with Gasteiger partial charge in [-0.15, -0.1) is 0 Å². The van der Waals surface area contributed by atoms with Crippen molar-refractivity contribution in [3.8, 4) is 0 Å². The fraction of sp³-hybridized carbons (Fsp3) is 0.533. The van der Waals surface area contributed by atoms with E-state index in [1.165, 1.54) is 5.56 Å². The lowest BCUT2D eigenvalue weighted by Gasteiger charge is -2.18.